The van der Waals surface area contributed by atoms with Gasteiger partial charge in [0.15, 0.2) is 0 Å². The summed E-state index contributed by atoms with van der Waals surface area (Å²) in [5.74, 6) is -0.0914. The molecule has 0 saturated heterocycles. The second-order valence-corrected chi connectivity index (χ2v) is 4.99. The lowest BCUT2D eigenvalue weighted by atomic mass is 10.2. The van der Waals surface area contributed by atoms with Crippen LogP contribution >= 0.6 is 15.9 Å². The van der Waals surface area contributed by atoms with Gasteiger partial charge in [-0.05, 0) is 38.1 Å². The summed E-state index contributed by atoms with van der Waals surface area (Å²) in [5.41, 5.74) is 0.607. The fourth-order valence-corrected chi connectivity index (χ4v) is 1.99. The van der Waals surface area contributed by atoms with Gasteiger partial charge in [-0.3, -0.25) is 0 Å². The van der Waals surface area contributed by atoms with Crippen LogP contribution in [-0.2, 0) is 9.53 Å². The van der Waals surface area contributed by atoms with Crippen LogP contribution in [0.5, 0.6) is 5.75 Å². The topological polar surface area (TPSA) is 55.8 Å². The third-order valence-electron chi connectivity index (χ3n) is 2.79. The molecule has 0 fully saturated rings. The highest BCUT2D eigenvalue weighted by atomic mass is 79.9. The quantitative estimate of drug-likeness (QED) is 0.599. The molecule has 0 aromatic heterocycles. The van der Waals surface area contributed by atoms with E-state index in [1.54, 1.807) is 29.2 Å². The van der Waals surface area contributed by atoms with Gasteiger partial charge in [0.05, 0.1) is 7.11 Å². The maximum Gasteiger partial charge on any atom is 0.415 e. The van der Waals surface area contributed by atoms with Crippen LogP contribution < -0.4 is 4.74 Å². The van der Waals surface area contributed by atoms with Crippen molar-refractivity contribution in [2.45, 2.75) is 13.8 Å². The summed E-state index contributed by atoms with van der Waals surface area (Å²) in [6.45, 7) is 4.90. The molecule has 0 saturated carbocycles. The molecule has 1 aromatic rings. The lowest BCUT2D eigenvalue weighted by Crippen LogP contribution is -2.33. The Bertz CT molecular complexity index is 538. The van der Waals surface area contributed by atoms with Crippen molar-refractivity contribution in [3.63, 3.8) is 0 Å². The van der Waals surface area contributed by atoms with Gasteiger partial charge in [-0.1, -0.05) is 15.9 Å². The minimum Gasteiger partial charge on any atom is -0.466 e. The molecule has 6 heteroatoms. The molecule has 5 nitrogen and oxygen atoms in total. The maximum absolute atomic E-state index is 12.0. The van der Waals surface area contributed by atoms with E-state index in [4.69, 9.17) is 4.74 Å². The van der Waals surface area contributed by atoms with Crippen LogP contribution in [0.25, 0.3) is 6.08 Å². The first-order valence-electron chi connectivity index (χ1n) is 6.54. The van der Waals surface area contributed by atoms with Crippen molar-refractivity contribution < 1.29 is 19.1 Å². The Morgan fingerprint density at radius 3 is 2.52 bits per heavy atom. The van der Waals surface area contributed by atoms with Gasteiger partial charge in [-0.15, -0.1) is 0 Å². The van der Waals surface area contributed by atoms with Gasteiger partial charge in [-0.2, -0.15) is 0 Å². The van der Waals surface area contributed by atoms with Crippen molar-refractivity contribution in [1.82, 2.24) is 4.90 Å². The van der Waals surface area contributed by atoms with E-state index >= 15 is 0 Å². The highest BCUT2D eigenvalue weighted by Gasteiger charge is 2.14. The summed E-state index contributed by atoms with van der Waals surface area (Å²) in [6.07, 6.45) is 2.40. The molecule has 1 rings (SSSR count). The highest BCUT2D eigenvalue weighted by molar-refractivity contribution is 9.10. The number of halogens is 1. The molecule has 114 valence electrons. The number of hydrogen-bond donors (Lipinski definition) is 0. The number of nitrogens with zero attached hydrogens (tertiary/aromatic N) is 1. The lowest BCUT2D eigenvalue weighted by molar-refractivity contribution is -0.134. The summed E-state index contributed by atoms with van der Waals surface area (Å²) < 4.78 is 10.7. The normalized spacial score (nSPS) is 10.5. The molecular weight excluding hydrogens is 338 g/mol. The van der Waals surface area contributed by atoms with E-state index < -0.39 is 12.1 Å². The van der Waals surface area contributed by atoms with Crippen LogP contribution in [0.3, 0.4) is 0 Å². The second kappa shape index (κ2) is 8.46. The van der Waals surface area contributed by atoms with Gasteiger partial charge in [0, 0.05) is 29.2 Å². The average molecular weight is 356 g/mol. The van der Waals surface area contributed by atoms with Crippen LogP contribution in [0.1, 0.15) is 19.4 Å². The van der Waals surface area contributed by atoms with Gasteiger partial charge >= 0.3 is 12.1 Å². The zero-order valence-electron chi connectivity index (χ0n) is 12.3. The number of carbonyl (C=O) groups excluding carboxylic acids is 2. The number of ether oxygens (including phenoxy) is 2. The van der Waals surface area contributed by atoms with Gasteiger partial charge in [0.25, 0.3) is 0 Å². The van der Waals surface area contributed by atoms with Crippen molar-refractivity contribution in [1.29, 1.82) is 0 Å². The Kier molecular flexibility index (Phi) is 6.94. The van der Waals surface area contributed by atoms with E-state index in [9.17, 15) is 9.59 Å². The summed E-state index contributed by atoms with van der Waals surface area (Å²) in [6, 6.07) is 5.19. The fourth-order valence-electron chi connectivity index (χ4n) is 1.61. The largest absolute Gasteiger partial charge is 0.466 e. The lowest BCUT2D eigenvalue weighted by Gasteiger charge is -2.18. The monoisotopic (exact) mass is 355 g/mol. The molecule has 1 aromatic carbocycles. The first kappa shape index (κ1) is 17.2. The molecule has 0 aliphatic heterocycles. The Morgan fingerprint density at radius 1 is 1.29 bits per heavy atom. The Balaban J connectivity index is 2.99. The maximum atomic E-state index is 12.0. The van der Waals surface area contributed by atoms with Crippen molar-refractivity contribution in [2.75, 3.05) is 20.2 Å². The number of hydrogen-bond acceptors (Lipinski definition) is 4. The number of methoxy groups -OCH3 is 1. The molecular formula is C15H18BrNO4. The third kappa shape index (κ3) is 5.23. The minimum absolute atomic E-state index is 0.384. The number of esters is 1. The molecule has 0 heterocycles. The van der Waals surface area contributed by atoms with Crippen molar-refractivity contribution in [3.8, 4) is 5.75 Å². The Hall–Kier alpha value is -1.82. The SMILES string of the molecule is CCN(CC)C(=O)Oc1ccc(Br)cc1/C=C/C(=O)OC. The summed E-state index contributed by atoms with van der Waals surface area (Å²) in [4.78, 5) is 24.7. The fraction of sp³-hybridized carbons (Fsp3) is 0.333. The Morgan fingerprint density at radius 2 is 1.95 bits per heavy atom. The highest BCUT2D eigenvalue weighted by Crippen LogP contribution is 2.25. The molecule has 0 atom stereocenters. The zero-order valence-corrected chi connectivity index (χ0v) is 13.8. The molecule has 0 spiro atoms. The molecule has 0 unspecified atom stereocenters. The average Bonchev–Trinajstić information content (AvgIpc) is 2.48. The molecule has 0 aliphatic rings. The third-order valence-corrected chi connectivity index (χ3v) is 3.28. The molecule has 0 aliphatic carbocycles. The van der Waals surface area contributed by atoms with Crippen LogP contribution in [0, 0.1) is 0 Å². The zero-order chi connectivity index (χ0) is 15.8. The number of carbonyl (C=O) groups is 2. The van der Waals surface area contributed by atoms with E-state index in [1.165, 1.54) is 13.2 Å². The smallest absolute Gasteiger partial charge is 0.415 e. The standard InChI is InChI=1S/C15H18BrNO4/c1-4-17(5-2)15(19)21-13-8-7-12(16)10-11(13)6-9-14(18)20-3/h6-10H,4-5H2,1-3H3/b9-6+. The predicted molar refractivity (Wildman–Crippen MR) is 84.1 cm³/mol. The number of rotatable bonds is 5. The summed E-state index contributed by atoms with van der Waals surface area (Å²) >= 11 is 3.34. The van der Waals surface area contributed by atoms with E-state index in [2.05, 4.69) is 20.7 Å². The van der Waals surface area contributed by atoms with Crippen LogP contribution in [0.2, 0.25) is 0 Å². The predicted octanol–water partition coefficient (Wildman–Crippen LogP) is 3.48. The first-order chi connectivity index (χ1) is 10.0. The Labute approximate surface area is 132 Å². The summed E-state index contributed by atoms with van der Waals surface area (Å²) in [5, 5.41) is 0. The molecule has 21 heavy (non-hydrogen) atoms. The van der Waals surface area contributed by atoms with Crippen LogP contribution in [-0.4, -0.2) is 37.2 Å². The van der Waals surface area contributed by atoms with Gasteiger partial charge in [0.2, 0.25) is 0 Å². The summed E-state index contributed by atoms with van der Waals surface area (Å²) in [7, 11) is 1.30. The molecule has 0 bridgehead atoms. The first-order valence-corrected chi connectivity index (χ1v) is 7.33. The van der Waals surface area contributed by atoms with Gasteiger partial charge < -0.3 is 14.4 Å². The van der Waals surface area contributed by atoms with E-state index in [-0.39, 0.29) is 0 Å². The van der Waals surface area contributed by atoms with Gasteiger partial charge in [-0.25, -0.2) is 9.59 Å². The number of amides is 1. The van der Waals surface area contributed by atoms with Crippen LogP contribution in [0.15, 0.2) is 28.7 Å². The van der Waals surface area contributed by atoms with Gasteiger partial charge in [0.1, 0.15) is 5.75 Å². The van der Waals surface area contributed by atoms with Crippen molar-refractivity contribution in [2.24, 2.45) is 0 Å². The van der Waals surface area contributed by atoms with Crippen molar-refractivity contribution in [3.05, 3.63) is 34.3 Å². The molecule has 0 N–H and O–H groups in total. The minimum atomic E-state index is -0.476. The number of benzene rings is 1. The van der Waals surface area contributed by atoms with E-state index in [1.807, 2.05) is 13.8 Å². The van der Waals surface area contributed by atoms with E-state index in [0.29, 0.717) is 24.4 Å². The van der Waals surface area contributed by atoms with Crippen molar-refractivity contribution >= 4 is 34.1 Å². The second-order valence-electron chi connectivity index (χ2n) is 4.08. The van der Waals surface area contributed by atoms with Crippen LogP contribution in [0.4, 0.5) is 4.79 Å². The molecule has 1 amide bonds. The molecule has 0 radical (unpaired) electrons. The van der Waals surface area contributed by atoms with E-state index in [0.717, 1.165) is 4.47 Å².